The molecule has 4 aromatic heterocycles. The number of nitrogens with zero attached hydrogens (tertiary/aromatic N) is 4. The number of halogens is 2. The second-order valence-electron chi connectivity index (χ2n) is 6.48. The SMILES string of the molecule is [Cl][Ni][Cl].c1cnc2c(c1)ccc1cccnc12.c1cnc2c(c1)ccc1cccnc12. The van der Waals surface area contributed by atoms with Crippen molar-refractivity contribution >= 4 is 64.0 Å². The average molecular weight is 490 g/mol. The standard InChI is InChI=1S/2C12H8N2.2ClH.Ni/c2*1-3-9-5-6-10-4-2-8-14-12(10)11(9)13-7-1;;;/h2*1-8H;2*1H;/q;;;;+2/p-2. The third kappa shape index (κ3) is 4.91. The van der Waals surface area contributed by atoms with E-state index < -0.39 is 0 Å². The zero-order valence-corrected chi connectivity index (χ0v) is 18.6. The Kier molecular flexibility index (Phi) is 7.21. The van der Waals surface area contributed by atoms with Gasteiger partial charge in [0.1, 0.15) is 0 Å². The van der Waals surface area contributed by atoms with Gasteiger partial charge in [-0.2, -0.15) is 0 Å². The van der Waals surface area contributed by atoms with Gasteiger partial charge in [-0.15, -0.1) is 0 Å². The maximum absolute atomic E-state index is 4.70. The molecular weight excluding hydrogens is 474 g/mol. The number of aromatic nitrogens is 4. The summed E-state index contributed by atoms with van der Waals surface area (Å²) in [6.45, 7) is 0. The number of hydrogen-bond acceptors (Lipinski definition) is 4. The van der Waals surface area contributed by atoms with Crippen molar-refractivity contribution in [1.29, 1.82) is 0 Å². The summed E-state index contributed by atoms with van der Waals surface area (Å²) < 4.78 is 0. The second-order valence-corrected chi connectivity index (χ2v) is 8.11. The van der Waals surface area contributed by atoms with Crippen molar-refractivity contribution < 1.29 is 12.7 Å². The molecule has 0 unspecified atom stereocenters. The maximum atomic E-state index is 4.70. The first kappa shape index (κ1) is 21.4. The zero-order valence-electron chi connectivity index (χ0n) is 16.1. The van der Waals surface area contributed by atoms with Gasteiger partial charge in [-0.05, 0) is 24.3 Å². The molecule has 4 heterocycles. The van der Waals surface area contributed by atoms with E-state index in [1.54, 1.807) is 24.8 Å². The predicted octanol–water partition coefficient (Wildman–Crippen LogP) is 6.94. The van der Waals surface area contributed by atoms with E-state index in [4.69, 9.17) is 20.4 Å². The smallest absolute Gasteiger partial charge is 0.0964 e. The Bertz CT molecular complexity index is 1240. The van der Waals surface area contributed by atoms with Crippen molar-refractivity contribution in [2.45, 2.75) is 0 Å². The number of benzene rings is 2. The molecule has 0 amide bonds. The van der Waals surface area contributed by atoms with Gasteiger partial charge in [-0.3, -0.25) is 19.9 Å². The molecule has 0 spiro atoms. The van der Waals surface area contributed by atoms with E-state index in [9.17, 15) is 0 Å². The van der Waals surface area contributed by atoms with Crippen LogP contribution in [0.2, 0.25) is 0 Å². The van der Waals surface area contributed by atoms with E-state index in [0.717, 1.165) is 43.6 Å². The first-order valence-electron chi connectivity index (χ1n) is 9.31. The molecule has 0 aliphatic heterocycles. The second kappa shape index (κ2) is 10.5. The van der Waals surface area contributed by atoms with E-state index in [1.807, 2.05) is 24.3 Å². The van der Waals surface area contributed by atoms with Crippen LogP contribution in [0.25, 0.3) is 43.6 Å². The summed E-state index contributed by atoms with van der Waals surface area (Å²) in [4.78, 5) is 17.4. The summed E-state index contributed by atoms with van der Waals surface area (Å²) in [6, 6.07) is 24.3. The van der Waals surface area contributed by atoms with Crippen molar-refractivity contribution in [1.82, 2.24) is 19.9 Å². The van der Waals surface area contributed by atoms with Gasteiger partial charge >= 0.3 is 33.0 Å². The van der Waals surface area contributed by atoms with Crippen LogP contribution in [0, 0.1) is 0 Å². The Labute approximate surface area is 193 Å². The minimum Gasteiger partial charge on any atom is -0.254 e. The number of pyridine rings is 4. The topological polar surface area (TPSA) is 51.6 Å². The summed E-state index contributed by atoms with van der Waals surface area (Å²) in [5.74, 6) is 0. The number of fused-ring (bicyclic) bond motifs is 6. The van der Waals surface area contributed by atoms with E-state index in [0.29, 0.717) is 12.7 Å². The van der Waals surface area contributed by atoms with Crippen molar-refractivity contribution in [3.05, 3.63) is 97.6 Å². The quantitative estimate of drug-likeness (QED) is 0.171. The van der Waals surface area contributed by atoms with Crippen LogP contribution in [0.1, 0.15) is 0 Å². The van der Waals surface area contributed by atoms with Crippen molar-refractivity contribution in [3.63, 3.8) is 0 Å². The monoisotopic (exact) mass is 488 g/mol. The van der Waals surface area contributed by atoms with Gasteiger partial charge in [0.15, 0.2) is 0 Å². The first-order valence-corrected chi connectivity index (χ1v) is 12.0. The summed E-state index contributed by atoms with van der Waals surface area (Å²) in [7, 11) is 9.40. The van der Waals surface area contributed by atoms with Crippen LogP contribution < -0.4 is 0 Å². The van der Waals surface area contributed by atoms with Gasteiger partial charge in [0.05, 0.1) is 22.1 Å². The minimum absolute atomic E-state index is 0.569. The predicted molar refractivity (Wildman–Crippen MR) is 126 cm³/mol. The Morgan fingerprint density at radius 2 is 0.645 bits per heavy atom. The van der Waals surface area contributed by atoms with Gasteiger partial charge in [0.25, 0.3) is 0 Å². The summed E-state index contributed by atoms with van der Waals surface area (Å²) in [5.41, 5.74) is 3.91. The minimum atomic E-state index is 0.569. The third-order valence-electron chi connectivity index (χ3n) is 4.69. The van der Waals surface area contributed by atoms with Crippen molar-refractivity contribution in [2.75, 3.05) is 0 Å². The molecule has 0 atom stereocenters. The Hall–Kier alpha value is -2.85. The van der Waals surface area contributed by atoms with E-state index in [2.05, 4.69) is 68.5 Å². The Morgan fingerprint density at radius 1 is 0.419 bits per heavy atom. The van der Waals surface area contributed by atoms with Crippen LogP contribution in [0.3, 0.4) is 0 Å². The molecule has 0 N–H and O–H groups in total. The molecule has 7 heteroatoms. The Morgan fingerprint density at radius 3 is 0.871 bits per heavy atom. The van der Waals surface area contributed by atoms with Crippen LogP contribution in [-0.2, 0) is 12.7 Å². The van der Waals surface area contributed by atoms with Gasteiger partial charge in [0.2, 0.25) is 0 Å². The fourth-order valence-electron chi connectivity index (χ4n) is 3.36. The van der Waals surface area contributed by atoms with Crippen LogP contribution in [0.5, 0.6) is 0 Å². The van der Waals surface area contributed by atoms with Crippen LogP contribution in [0.4, 0.5) is 0 Å². The van der Waals surface area contributed by atoms with Crippen molar-refractivity contribution in [3.8, 4) is 0 Å². The van der Waals surface area contributed by atoms with Gasteiger partial charge in [0, 0.05) is 46.3 Å². The normalized spacial score (nSPS) is 10.5. The molecule has 156 valence electrons. The number of rotatable bonds is 0. The molecular formula is C24H16Cl2N4Ni. The molecule has 0 saturated heterocycles. The fourth-order valence-corrected chi connectivity index (χ4v) is 3.36. The third-order valence-corrected chi connectivity index (χ3v) is 4.69. The van der Waals surface area contributed by atoms with E-state index in [-0.39, 0.29) is 0 Å². The summed E-state index contributed by atoms with van der Waals surface area (Å²) in [6.07, 6.45) is 7.21. The van der Waals surface area contributed by atoms with Crippen LogP contribution in [-0.4, -0.2) is 19.9 Å². The largest absolute Gasteiger partial charge is 0.254 e. The maximum Gasteiger partial charge on any atom is 0.0964 e. The first-order chi connectivity index (χ1) is 15.3. The van der Waals surface area contributed by atoms with Gasteiger partial charge in [-0.25, -0.2) is 0 Å². The molecule has 0 saturated carbocycles. The molecule has 0 aliphatic rings. The molecule has 4 nitrogen and oxygen atoms in total. The zero-order chi connectivity index (χ0) is 21.5. The molecule has 0 radical (unpaired) electrons. The molecule has 6 aromatic rings. The molecule has 0 bridgehead atoms. The summed E-state index contributed by atoms with van der Waals surface area (Å²) in [5, 5.41) is 4.55. The Balaban J connectivity index is 0.000000133. The molecule has 0 fully saturated rings. The molecule has 31 heavy (non-hydrogen) atoms. The average Bonchev–Trinajstić information content (AvgIpc) is 2.85. The fraction of sp³-hybridized carbons (Fsp3) is 0. The van der Waals surface area contributed by atoms with Crippen LogP contribution in [0.15, 0.2) is 97.6 Å². The number of hydrogen-bond donors (Lipinski definition) is 0. The van der Waals surface area contributed by atoms with E-state index >= 15 is 0 Å². The summed E-state index contributed by atoms with van der Waals surface area (Å²) >= 11 is 0.569. The van der Waals surface area contributed by atoms with Gasteiger partial charge < -0.3 is 0 Å². The van der Waals surface area contributed by atoms with Crippen LogP contribution >= 0.6 is 20.4 Å². The molecule has 6 rings (SSSR count). The van der Waals surface area contributed by atoms with Gasteiger partial charge in [-0.1, -0.05) is 48.5 Å². The molecule has 0 aliphatic carbocycles. The molecule has 2 aromatic carbocycles. The van der Waals surface area contributed by atoms with Crippen molar-refractivity contribution in [2.24, 2.45) is 0 Å². The van der Waals surface area contributed by atoms with E-state index in [1.165, 1.54) is 0 Å².